The van der Waals surface area contributed by atoms with Crippen LogP contribution >= 0.6 is 0 Å². The van der Waals surface area contributed by atoms with Crippen LogP contribution in [0.2, 0.25) is 0 Å². The van der Waals surface area contributed by atoms with Crippen LogP contribution in [-0.4, -0.2) is 54.1 Å². The molecular weight excluding hydrogens is 180 g/mol. The van der Waals surface area contributed by atoms with Gasteiger partial charge in [-0.15, -0.1) is 0 Å². The summed E-state index contributed by atoms with van der Waals surface area (Å²) < 4.78 is 17.0. The van der Waals surface area contributed by atoms with E-state index < -0.39 is 25.2 Å². The molecule has 0 saturated carbocycles. The molecule has 0 unspecified atom stereocenters. The second kappa shape index (κ2) is 15.7. The van der Waals surface area contributed by atoms with Crippen molar-refractivity contribution in [2.24, 2.45) is 0 Å². The molecule has 0 aliphatic rings. The molecule has 7 heteroatoms. The zero-order chi connectivity index (χ0) is 6.28. The quantitative estimate of drug-likeness (QED) is 0.509. The summed E-state index contributed by atoms with van der Waals surface area (Å²) in [4.78, 5) is 8.56. The molecule has 0 amide bonds. The molecule has 5 nitrogen and oxygen atoms in total. The molecule has 0 aromatic heterocycles. The van der Waals surface area contributed by atoms with Crippen molar-refractivity contribution in [2.45, 2.75) is 0 Å². The van der Waals surface area contributed by atoms with Gasteiger partial charge in [-0.2, -0.15) is 0 Å². The van der Waals surface area contributed by atoms with Gasteiger partial charge in [-0.25, -0.2) is 4.79 Å². The third-order valence-electron chi connectivity index (χ3n) is 0. The van der Waals surface area contributed by atoms with E-state index in [1.165, 1.54) is 0 Å². The Morgan fingerprint density at radius 3 is 1.38 bits per heavy atom. The van der Waals surface area contributed by atoms with Crippen LogP contribution < -0.4 is 0 Å². The first-order valence-corrected chi connectivity index (χ1v) is 2.33. The maximum atomic E-state index is 8.56. The number of hydrogen-bond donors (Lipinski definition) is 2. The molecule has 0 saturated heterocycles. The topological polar surface area (TPSA) is 91.7 Å². The Morgan fingerprint density at radius 1 is 1.38 bits per heavy atom. The Labute approximate surface area is 86.6 Å². The van der Waals surface area contributed by atoms with Gasteiger partial charge >= 0.3 is 69.6 Å². The first-order chi connectivity index (χ1) is 3.15. The minimum absolute atomic E-state index is 0. The van der Waals surface area contributed by atoms with Gasteiger partial charge in [0.15, 0.2) is 0 Å². The fraction of sp³-hybridized carbons (Fsp3) is 0. The minimum atomic E-state index is -2.00. The van der Waals surface area contributed by atoms with Crippen molar-refractivity contribution in [3.05, 3.63) is 0 Å². The van der Waals surface area contributed by atoms with Crippen LogP contribution in [-0.2, 0) is 25.7 Å². The van der Waals surface area contributed by atoms with Crippen molar-refractivity contribution in [3.8, 4) is 0 Å². The van der Waals surface area contributed by atoms with E-state index >= 15 is 0 Å². The van der Waals surface area contributed by atoms with Crippen LogP contribution in [0.4, 0.5) is 4.79 Å². The van der Waals surface area contributed by atoms with Crippen LogP contribution in [0.5, 0.6) is 0 Å². The van der Waals surface area contributed by atoms with E-state index in [-0.39, 0.29) is 40.6 Å². The average Bonchev–Trinajstić information content (AvgIpc) is 1.33. The molecule has 2 N–H and O–H groups in total. The van der Waals surface area contributed by atoms with Gasteiger partial charge in [0.25, 0.3) is 0 Å². The number of carboxylic acid groups (broad SMARTS) is 2. The van der Waals surface area contributed by atoms with E-state index in [1.807, 2.05) is 0 Å². The average molecular weight is 184 g/mol. The molecule has 0 aromatic carbocycles. The monoisotopic (exact) mass is 184 g/mol. The van der Waals surface area contributed by atoms with Crippen molar-refractivity contribution < 1.29 is 43.6 Å². The van der Waals surface area contributed by atoms with Gasteiger partial charge in [0, 0.05) is 0 Å². The van der Waals surface area contributed by atoms with E-state index in [1.54, 1.807) is 0 Å². The SMILES string of the molecule is O=C(O)O.[Ca+2].[H-].[H-].[O]=[Ti]=[O]. The standard InChI is InChI=1S/CH2O3.Ca.2O.Ti.2H/c2-1(3)4;;;;;;/h(H2,2,3,4);;;;;;/q;+2;;;;2*-1. The Bertz CT molecular complexity index is 87.6. The first kappa shape index (κ1) is 15.9. The summed E-state index contributed by atoms with van der Waals surface area (Å²) in [6, 6.07) is 0. The third kappa shape index (κ3) is 328. The van der Waals surface area contributed by atoms with Gasteiger partial charge < -0.3 is 13.1 Å². The van der Waals surface area contributed by atoms with E-state index in [9.17, 15) is 0 Å². The Balaban J connectivity index is -0.0000000131. The molecule has 0 heterocycles. The van der Waals surface area contributed by atoms with Gasteiger partial charge in [-0.1, -0.05) is 0 Å². The number of hydrogen-bond acceptors (Lipinski definition) is 3. The molecule has 0 aliphatic carbocycles. The molecule has 0 aliphatic heterocycles. The summed E-state index contributed by atoms with van der Waals surface area (Å²) in [6.07, 6.45) is -1.83. The second-order valence-electron chi connectivity index (χ2n) is 0.366. The molecule has 0 atom stereocenters. The third-order valence-corrected chi connectivity index (χ3v) is 0. The summed E-state index contributed by atoms with van der Waals surface area (Å²) >= 11 is -2.00. The molecule has 44 valence electrons. The number of carbonyl (C=O) groups is 1. The van der Waals surface area contributed by atoms with Gasteiger partial charge in [0.1, 0.15) is 0 Å². The molecule has 8 heavy (non-hydrogen) atoms. The molecule has 0 spiro atoms. The predicted octanol–water partition coefficient (Wildman–Crippen LogP) is -0.173. The van der Waals surface area contributed by atoms with Crippen LogP contribution in [0.3, 0.4) is 0 Å². The van der Waals surface area contributed by atoms with Crippen molar-refractivity contribution in [3.63, 3.8) is 0 Å². The van der Waals surface area contributed by atoms with Gasteiger partial charge in [0.05, 0.1) is 0 Å². The molecule has 0 bridgehead atoms. The predicted molar refractivity (Wildman–Crippen MR) is 20.0 cm³/mol. The van der Waals surface area contributed by atoms with Crippen LogP contribution in [0.15, 0.2) is 0 Å². The van der Waals surface area contributed by atoms with E-state index in [2.05, 4.69) is 0 Å². The van der Waals surface area contributed by atoms with Crippen LogP contribution in [0, 0.1) is 0 Å². The summed E-state index contributed by atoms with van der Waals surface area (Å²) in [7, 11) is 0. The Morgan fingerprint density at radius 2 is 1.38 bits per heavy atom. The van der Waals surface area contributed by atoms with Crippen molar-refractivity contribution >= 4 is 43.9 Å². The molecule has 0 radical (unpaired) electrons. The van der Waals surface area contributed by atoms with Crippen molar-refractivity contribution in [1.29, 1.82) is 0 Å². The molecular formula is CH4CaO5Ti. The zero-order valence-corrected chi connectivity index (χ0v) is 7.60. The molecule has 0 fully saturated rings. The molecule has 0 aromatic rings. The van der Waals surface area contributed by atoms with Gasteiger partial charge in [0.2, 0.25) is 0 Å². The first-order valence-electron chi connectivity index (χ1n) is 1.06. The number of rotatable bonds is 0. The van der Waals surface area contributed by atoms with E-state index in [4.69, 9.17) is 21.7 Å². The van der Waals surface area contributed by atoms with Crippen LogP contribution in [0.1, 0.15) is 2.85 Å². The van der Waals surface area contributed by atoms with Crippen molar-refractivity contribution in [2.75, 3.05) is 0 Å². The summed E-state index contributed by atoms with van der Waals surface area (Å²) in [5.41, 5.74) is 0. The zero-order valence-electron chi connectivity index (χ0n) is 5.83. The summed E-state index contributed by atoms with van der Waals surface area (Å²) in [6.45, 7) is 0. The van der Waals surface area contributed by atoms with Gasteiger partial charge in [-0.05, 0) is 0 Å². The van der Waals surface area contributed by atoms with E-state index in [0.29, 0.717) is 0 Å². The normalized spacial score (nSPS) is 4.00. The summed E-state index contributed by atoms with van der Waals surface area (Å²) in [5, 5.41) is 13.9. The van der Waals surface area contributed by atoms with Crippen LogP contribution in [0.25, 0.3) is 0 Å². The Hall–Kier alpha value is 0.844. The van der Waals surface area contributed by atoms with Crippen molar-refractivity contribution in [1.82, 2.24) is 0 Å². The Kier molecular flexibility index (Phi) is 31.2. The fourth-order valence-electron chi connectivity index (χ4n) is 0. The van der Waals surface area contributed by atoms with Gasteiger partial charge in [-0.3, -0.25) is 0 Å². The second-order valence-corrected chi connectivity index (χ2v) is 0.626. The molecule has 0 rings (SSSR count). The van der Waals surface area contributed by atoms with E-state index in [0.717, 1.165) is 0 Å². The summed E-state index contributed by atoms with van der Waals surface area (Å²) in [5.74, 6) is 0. The maximum absolute atomic E-state index is 8.56. The fourth-order valence-corrected chi connectivity index (χ4v) is 0.